The summed E-state index contributed by atoms with van der Waals surface area (Å²) in [5.74, 6) is 0.501. The molecule has 0 spiro atoms. The maximum Gasteiger partial charge on any atom is 0.0337 e. The lowest BCUT2D eigenvalue weighted by atomic mass is 10.00. The van der Waals surface area contributed by atoms with Crippen molar-refractivity contribution in [2.45, 2.75) is 19.9 Å². The summed E-state index contributed by atoms with van der Waals surface area (Å²) in [5, 5.41) is 4.17. The number of rotatable bonds is 2. The first-order chi connectivity index (χ1) is 5.13. The third kappa shape index (κ3) is 2.04. The predicted octanol–water partition coefficient (Wildman–Crippen LogP) is 3.17. The second-order valence-corrected chi connectivity index (χ2v) is 4.54. The van der Waals surface area contributed by atoms with E-state index in [0.29, 0.717) is 5.92 Å². The topological polar surface area (TPSA) is 26.0 Å². The Morgan fingerprint density at radius 1 is 1.45 bits per heavy atom. The van der Waals surface area contributed by atoms with E-state index >= 15 is 0 Å². The average molecular weight is 234 g/mol. The van der Waals surface area contributed by atoms with Crippen LogP contribution in [0.2, 0.25) is 0 Å². The maximum absolute atomic E-state index is 5.96. The molecule has 0 aromatic carbocycles. The van der Waals surface area contributed by atoms with Gasteiger partial charge in [0.25, 0.3) is 0 Å². The van der Waals surface area contributed by atoms with Crippen molar-refractivity contribution < 1.29 is 0 Å². The van der Waals surface area contributed by atoms with Crippen LogP contribution >= 0.6 is 27.3 Å². The van der Waals surface area contributed by atoms with Gasteiger partial charge >= 0.3 is 0 Å². The Hall–Kier alpha value is 0.140. The molecule has 0 bridgehead atoms. The van der Waals surface area contributed by atoms with Crippen LogP contribution in [0.1, 0.15) is 25.5 Å². The van der Waals surface area contributed by atoms with Crippen LogP contribution in [-0.4, -0.2) is 0 Å². The molecule has 0 radical (unpaired) electrons. The van der Waals surface area contributed by atoms with Gasteiger partial charge in [0.2, 0.25) is 0 Å². The highest BCUT2D eigenvalue weighted by Gasteiger charge is 2.13. The van der Waals surface area contributed by atoms with Gasteiger partial charge in [0.05, 0.1) is 0 Å². The summed E-state index contributed by atoms with van der Waals surface area (Å²) in [4.78, 5) is 0. The van der Waals surface area contributed by atoms with Gasteiger partial charge in [-0.05, 0) is 32.8 Å². The van der Waals surface area contributed by atoms with Crippen molar-refractivity contribution in [1.29, 1.82) is 0 Å². The molecule has 0 fully saturated rings. The zero-order valence-electron chi connectivity index (χ0n) is 6.67. The molecular formula is C8H12BrNS. The number of thiophene rings is 1. The van der Waals surface area contributed by atoms with Gasteiger partial charge in [-0.3, -0.25) is 0 Å². The molecule has 62 valence electrons. The fourth-order valence-electron chi connectivity index (χ4n) is 0.888. The van der Waals surface area contributed by atoms with E-state index in [-0.39, 0.29) is 6.04 Å². The number of hydrogen-bond donors (Lipinski definition) is 1. The van der Waals surface area contributed by atoms with Gasteiger partial charge in [0.1, 0.15) is 0 Å². The molecule has 0 saturated carbocycles. The van der Waals surface area contributed by atoms with E-state index in [1.807, 2.05) is 0 Å². The van der Waals surface area contributed by atoms with Crippen LogP contribution in [-0.2, 0) is 0 Å². The van der Waals surface area contributed by atoms with Crippen LogP contribution in [0.25, 0.3) is 0 Å². The summed E-state index contributed by atoms with van der Waals surface area (Å²) in [7, 11) is 0. The van der Waals surface area contributed by atoms with Gasteiger partial charge in [-0.2, -0.15) is 11.3 Å². The Morgan fingerprint density at radius 3 is 2.45 bits per heavy atom. The van der Waals surface area contributed by atoms with Crippen molar-refractivity contribution >= 4 is 27.3 Å². The fourth-order valence-corrected chi connectivity index (χ4v) is 2.50. The zero-order valence-corrected chi connectivity index (χ0v) is 9.08. The second-order valence-electron chi connectivity index (χ2n) is 2.94. The van der Waals surface area contributed by atoms with Crippen LogP contribution in [0.3, 0.4) is 0 Å². The molecule has 3 heteroatoms. The smallest absolute Gasteiger partial charge is 0.0337 e. The SMILES string of the molecule is CC(C)C(N)c1cscc1Br. The van der Waals surface area contributed by atoms with Crippen LogP contribution in [0, 0.1) is 5.92 Å². The van der Waals surface area contributed by atoms with Crippen molar-refractivity contribution in [3.05, 3.63) is 20.8 Å². The molecule has 1 unspecified atom stereocenters. The van der Waals surface area contributed by atoms with E-state index in [9.17, 15) is 0 Å². The van der Waals surface area contributed by atoms with Crippen molar-refractivity contribution in [3.8, 4) is 0 Å². The number of halogens is 1. The summed E-state index contributed by atoms with van der Waals surface area (Å²) in [6.07, 6.45) is 0. The molecule has 1 rings (SSSR count). The minimum Gasteiger partial charge on any atom is -0.324 e. The lowest BCUT2D eigenvalue weighted by molar-refractivity contribution is 0.514. The molecule has 1 atom stereocenters. The van der Waals surface area contributed by atoms with Crippen molar-refractivity contribution in [3.63, 3.8) is 0 Å². The minimum atomic E-state index is 0.163. The summed E-state index contributed by atoms with van der Waals surface area (Å²) in [6.45, 7) is 4.27. The average Bonchev–Trinajstić information content (AvgIpc) is 2.33. The zero-order chi connectivity index (χ0) is 8.43. The Morgan fingerprint density at radius 2 is 2.09 bits per heavy atom. The molecular weight excluding hydrogens is 222 g/mol. The van der Waals surface area contributed by atoms with Crippen LogP contribution in [0.15, 0.2) is 15.2 Å². The number of hydrogen-bond acceptors (Lipinski definition) is 2. The Labute approximate surface area is 79.7 Å². The lowest BCUT2D eigenvalue weighted by Crippen LogP contribution is -2.16. The van der Waals surface area contributed by atoms with Gasteiger partial charge in [-0.25, -0.2) is 0 Å². The normalized spacial score (nSPS) is 13.9. The first-order valence-electron chi connectivity index (χ1n) is 3.60. The molecule has 1 aromatic rings. The molecule has 1 aromatic heterocycles. The first kappa shape index (κ1) is 9.23. The van der Waals surface area contributed by atoms with Gasteiger partial charge in [0, 0.05) is 15.9 Å². The summed E-state index contributed by atoms with van der Waals surface area (Å²) in [6, 6.07) is 0.163. The van der Waals surface area contributed by atoms with Gasteiger partial charge in [-0.1, -0.05) is 13.8 Å². The standard InChI is InChI=1S/C8H12BrNS/c1-5(2)8(10)6-3-11-4-7(6)9/h3-5,8H,10H2,1-2H3. The van der Waals surface area contributed by atoms with Crippen molar-refractivity contribution in [2.24, 2.45) is 11.7 Å². The van der Waals surface area contributed by atoms with Gasteiger partial charge in [-0.15, -0.1) is 0 Å². The molecule has 0 aliphatic carbocycles. The first-order valence-corrected chi connectivity index (χ1v) is 5.33. The van der Waals surface area contributed by atoms with E-state index in [1.165, 1.54) is 5.56 Å². The second kappa shape index (κ2) is 3.70. The third-order valence-corrected chi connectivity index (χ3v) is 3.47. The summed E-state index contributed by atoms with van der Waals surface area (Å²) < 4.78 is 1.14. The van der Waals surface area contributed by atoms with E-state index in [4.69, 9.17) is 5.73 Å². The summed E-state index contributed by atoms with van der Waals surface area (Å²) in [5.41, 5.74) is 7.19. The highest BCUT2D eigenvalue weighted by molar-refractivity contribution is 9.10. The quantitative estimate of drug-likeness (QED) is 0.835. The third-order valence-electron chi connectivity index (χ3n) is 1.72. The molecule has 11 heavy (non-hydrogen) atoms. The maximum atomic E-state index is 5.96. The lowest BCUT2D eigenvalue weighted by Gasteiger charge is -2.14. The Bertz CT molecular complexity index is 232. The van der Waals surface area contributed by atoms with E-state index in [1.54, 1.807) is 11.3 Å². The Balaban J connectivity index is 2.84. The molecule has 0 amide bonds. The molecule has 0 saturated heterocycles. The van der Waals surface area contributed by atoms with Crippen LogP contribution in [0.4, 0.5) is 0 Å². The highest BCUT2D eigenvalue weighted by Crippen LogP contribution is 2.29. The molecule has 1 heterocycles. The van der Waals surface area contributed by atoms with Gasteiger partial charge < -0.3 is 5.73 Å². The molecule has 2 N–H and O–H groups in total. The summed E-state index contributed by atoms with van der Waals surface area (Å²) >= 11 is 5.15. The predicted molar refractivity (Wildman–Crippen MR) is 53.8 cm³/mol. The minimum absolute atomic E-state index is 0.163. The van der Waals surface area contributed by atoms with E-state index in [0.717, 1.165) is 4.47 Å². The van der Waals surface area contributed by atoms with E-state index in [2.05, 4.69) is 40.5 Å². The van der Waals surface area contributed by atoms with Crippen LogP contribution < -0.4 is 5.73 Å². The number of nitrogens with two attached hydrogens (primary N) is 1. The Kier molecular flexibility index (Phi) is 3.10. The fraction of sp³-hybridized carbons (Fsp3) is 0.500. The van der Waals surface area contributed by atoms with Gasteiger partial charge in [0.15, 0.2) is 0 Å². The van der Waals surface area contributed by atoms with Crippen molar-refractivity contribution in [1.82, 2.24) is 0 Å². The largest absolute Gasteiger partial charge is 0.324 e. The molecule has 0 aliphatic rings. The molecule has 1 nitrogen and oxygen atoms in total. The molecule has 0 aliphatic heterocycles. The highest BCUT2D eigenvalue weighted by atomic mass is 79.9. The monoisotopic (exact) mass is 233 g/mol. The van der Waals surface area contributed by atoms with Crippen LogP contribution in [0.5, 0.6) is 0 Å². The van der Waals surface area contributed by atoms with Crippen molar-refractivity contribution in [2.75, 3.05) is 0 Å². The van der Waals surface area contributed by atoms with E-state index < -0.39 is 0 Å².